The lowest BCUT2D eigenvalue weighted by Crippen LogP contribution is -2.40. The van der Waals surface area contributed by atoms with Gasteiger partial charge in [-0.15, -0.1) is 0 Å². The van der Waals surface area contributed by atoms with Crippen molar-refractivity contribution in [2.75, 3.05) is 31.2 Å². The van der Waals surface area contributed by atoms with Gasteiger partial charge in [0.25, 0.3) is 0 Å². The van der Waals surface area contributed by atoms with E-state index in [0.29, 0.717) is 55.8 Å². The van der Waals surface area contributed by atoms with Gasteiger partial charge in [-0.1, -0.05) is 12.1 Å². The summed E-state index contributed by atoms with van der Waals surface area (Å²) in [6.07, 6.45) is 1.57. The highest BCUT2D eigenvalue weighted by molar-refractivity contribution is 5.79. The number of halogens is 1. The molecular formula is C23H25FN2O4. The summed E-state index contributed by atoms with van der Waals surface area (Å²) in [5, 5.41) is 10.8. The highest BCUT2D eigenvalue weighted by Crippen LogP contribution is 2.43. The van der Waals surface area contributed by atoms with Gasteiger partial charge in [0.2, 0.25) is 5.91 Å². The second kappa shape index (κ2) is 7.80. The van der Waals surface area contributed by atoms with Gasteiger partial charge in [-0.05, 0) is 42.7 Å². The highest BCUT2D eigenvalue weighted by atomic mass is 19.1. The number of hydrogen-bond acceptors (Lipinski definition) is 5. The van der Waals surface area contributed by atoms with Crippen molar-refractivity contribution in [1.29, 1.82) is 0 Å². The molecule has 1 aliphatic carbocycles. The van der Waals surface area contributed by atoms with E-state index in [0.717, 1.165) is 24.1 Å². The first-order valence-corrected chi connectivity index (χ1v) is 10.5. The van der Waals surface area contributed by atoms with Gasteiger partial charge >= 0.3 is 0 Å². The number of fused-ring (bicyclic) bond motifs is 3. The van der Waals surface area contributed by atoms with Crippen molar-refractivity contribution in [3.05, 3.63) is 53.3 Å². The monoisotopic (exact) mass is 412 g/mol. The van der Waals surface area contributed by atoms with E-state index in [4.69, 9.17) is 9.47 Å². The largest absolute Gasteiger partial charge is 0.486 e. The third-order valence-electron chi connectivity index (χ3n) is 5.99. The number of β-amino-alcohol motifs (C(OH)–C–C–N with tert-alkyl or cyclic N) is 1. The number of aliphatic hydroxyl groups excluding tert-OH is 1. The molecule has 2 aromatic rings. The number of anilines is 1. The number of carbonyl (C=O) groups is 1. The molecule has 3 aliphatic rings. The fourth-order valence-electron chi connectivity index (χ4n) is 4.30. The predicted octanol–water partition coefficient (Wildman–Crippen LogP) is 3.03. The molecule has 30 heavy (non-hydrogen) atoms. The summed E-state index contributed by atoms with van der Waals surface area (Å²) >= 11 is 0. The van der Waals surface area contributed by atoms with E-state index in [2.05, 4.69) is 0 Å². The van der Waals surface area contributed by atoms with Crippen LogP contribution in [0.2, 0.25) is 0 Å². The van der Waals surface area contributed by atoms with Gasteiger partial charge < -0.3 is 24.4 Å². The van der Waals surface area contributed by atoms with Crippen LogP contribution < -0.4 is 14.4 Å². The third-order valence-corrected chi connectivity index (χ3v) is 5.99. The van der Waals surface area contributed by atoms with Crippen LogP contribution in [0.1, 0.15) is 36.5 Å². The molecule has 2 aromatic carbocycles. The third kappa shape index (κ3) is 3.69. The molecule has 1 unspecified atom stereocenters. The van der Waals surface area contributed by atoms with Crippen LogP contribution in [0.25, 0.3) is 0 Å². The van der Waals surface area contributed by atoms with Gasteiger partial charge in [-0.25, -0.2) is 4.39 Å². The molecule has 158 valence electrons. The lowest BCUT2D eigenvalue weighted by Gasteiger charge is -2.36. The van der Waals surface area contributed by atoms with Gasteiger partial charge in [0.05, 0.1) is 12.6 Å². The minimum Gasteiger partial charge on any atom is -0.486 e. The van der Waals surface area contributed by atoms with Crippen LogP contribution in [0.3, 0.4) is 0 Å². The minimum atomic E-state index is -0.879. The van der Waals surface area contributed by atoms with Gasteiger partial charge in [-0.2, -0.15) is 0 Å². The second-order valence-electron chi connectivity index (χ2n) is 8.11. The van der Waals surface area contributed by atoms with E-state index in [1.54, 1.807) is 12.1 Å². The van der Waals surface area contributed by atoms with Crippen molar-refractivity contribution in [1.82, 2.24) is 4.90 Å². The summed E-state index contributed by atoms with van der Waals surface area (Å²) in [6.45, 7) is 2.16. The Balaban J connectivity index is 1.50. The van der Waals surface area contributed by atoms with Gasteiger partial charge in [-0.3, -0.25) is 4.79 Å². The van der Waals surface area contributed by atoms with Crippen LogP contribution in [0.4, 0.5) is 10.1 Å². The fraction of sp³-hybridized carbons (Fsp3) is 0.435. The Labute approximate surface area is 174 Å². The normalized spacial score (nSPS) is 19.7. The maximum Gasteiger partial charge on any atom is 0.224 e. The average Bonchev–Trinajstić information content (AvgIpc) is 3.58. The molecule has 0 bridgehead atoms. The Morgan fingerprint density at radius 3 is 2.80 bits per heavy atom. The minimum absolute atomic E-state index is 0.114. The molecule has 0 radical (unpaired) electrons. The van der Waals surface area contributed by atoms with Gasteiger partial charge in [0.15, 0.2) is 11.5 Å². The van der Waals surface area contributed by atoms with E-state index < -0.39 is 6.10 Å². The Morgan fingerprint density at radius 2 is 2.00 bits per heavy atom. The summed E-state index contributed by atoms with van der Waals surface area (Å²) in [7, 11) is 0. The average molecular weight is 412 g/mol. The van der Waals surface area contributed by atoms with Crippen LogP contribution in [-0.2, 0) is 11.3 Å². The number of nitrogens with zero attached hydrogens (tertiary/aromatic N) is 2. The molecule has 1 N–H and O–H groups in total. The van der Waals surface area contributed by atoms with Crippen molar-refractivity contribution < 1.29 is 23.8 Å². The molecule has 7 heteroatoms. The van der Waals surface area contributed by atoms with Crippen molar-refractivity contribution in [2.45, 2.75) is 38.0 Å². The van der Waals surface area contributed by atoms with Crippen LogP contribution in [0.15, 0.2) is 36.4 Å². The molecular weight excluding hydrogens is 387 g/mol. The van der Waals surface area contributed by atoms with Gasteiger partial charge in [0.1, 0.15) is 19.0 Å². The maximum absolute atomic E-state index is 13.6. The maximum atomic E-state index is 13.6. The number of ether oxygens (including phenoxy) is 2. The number of benzene rings is 2. The summed E-state index contributed by atoms with van der Waals surface area (Å²) in [4.78, 5) is 16.8. The molecule has 0 saturated heterocycles. The lowest BCUT2D eigenvalue weighted by molar-refractivity contribution is -0.132. The number of carbonyl (C=O) groups excluding carboxylic acids is 1. The Kier molecular flexibility index (Phi) is 4.98. The number of amides is 1. The molecule has 1 fully saturated rings. The molecule has 1 atom stereocenters. The first-order chi connectivity index (χ1) is 14.6. The summed E-state index contributed by atoms with van der Waals surface area (Å²) < 4.78 is 25.3. The van der Waals surface area contributed by atoms with Crippen molar-refractivity contribution in [2.24, 2.45) is 0 Å². The molecule has 6 nitrogen and oxygen atoms in total. The topological polar surface area (TPSA) is 62.2 Å². The van der Waals surface area contributed by atoms with Crippen molar-refractivity contribution in [3.8, 4) is 11.5 Å². The predicted molar refractivity (Wildman–Crippen MR) is 109 cm³/mol. The van der Waals surface area contributed by atoms with Gasteiger partial charge in [0, 0.05) is 36.8 Å². The van der Waals surface area contributed by atoms with E-state index >= 15 is 0 Å². The Morgan fingerprint density at radius 1 is 1.17 bits per heavy atom. The van der Waals surface area contributed by atoms with Crippen LogP contribution >= 0.6 is 0 Å². The van der Waals surface area contributed by atoms with Crippen LogP contribution in [-0.4, -0.2) is 48.3 Å². The first kappa shape index (κ1) is 19.2. The van der Waals surface area contributed by atoms with E-state index in [1.807, 2.05) is 21.9 Å². The zero-order chi connectivity index (χ0) is 20.7. The zero-order valence-corrected chi connectivity index (χ0v) is 16.7. The highest BCUT2D eigenvalue weighted by Gasteiger charge is 2.36. The SMILES string of the molecule is O=C1CCN(CC(O)c2cccc(F)c2)c2ccc3c(c2CN1C1CC1)OCCO3. The fourth-order valence-corrected chi connectivity index (χ4v) is 4.30. The lowest BCUT2D eigenvalue weighted by atomic mass is 10.0. The van der Waals surface area contributed by atoms with Crippen LogP contribution in [0.5, 0.6) is 11.5 Å². The standard InChI is InChI=1S/C23H25FN2O4/c24-16-3-1-2-15(12-16)20(27)14-25-9-8-22(28)26(17-4-5-17)13-18-19(25)6-7-21-23(18)30-11-10-29-21/h1-3,6-7,12,17,20,27H,4-5,8-11,13-14H2. The van der Waals surface area contributed by atoms with Crippen molar-refractivity contribution >= 4 is 11.6 Å². The van der Waals surface area contributed by atoms with E-state index in [-0.39, 0.29) is 18.3 Å². The number of aliphatic hydroxyl groups is 1. The molecule has 0 spiro atoms. The van der Waals surface area contributed by atoms with E-state index in [1.165, 1.54) is 12.1 Å². The number of rotatable bonds is 4. The summed E-state index contributed by atoms with van der Waals surface area (Å²) in [6, 6.07) is 10.2. The van der Waals surface area contributed by atoms with Crippen molar-refractivity contribution in [3.63, 3.8) is 0 Å². The smallest absolute Gasteiger partial charge is 0.224 e. The van der Waals surface area contributed by atoms with E-state index in [9.17, 15) is 14.3 Å². The first-order valence-electron chi connectivity index (χ1n) is 10.5. The quantitative estimate of drug-likeness (QED) is 0.837. The molecule has 5 rings (SSSR count). The Hall–Kier alpha value is -2.80. The molecule has 1 amide bonds. The molecule has 2 heterocycles. The summed E-state index contributed by atoms with van der Waals surface area (Å²) in [5.74, 6) is 1.11. The summed E-state index contributed by atoms with van der Waals surface area (Å²) in [5.41, 5.74) is 2.36. The van der Waals surface area contributed by atoms with Crippen LogP contribution in [0, 0.1) is 5.82 Å². The molecule has 2 aliphatic heterocycles. The molecule has 0 aromatic heterocycles. The molecule has 1 saturated carbocycles. The second-order valence-corrected chi connectivity index (χ2v) is 8.11. The number of hydrogen-bond donors (Lipinski definition) is 1. The zero-order valence-electron chi connectivity index (χ0n) is 16.7. The Bertz CT molecular complexity index is 962.